The highest BCUT2D eigenvalue weighted by Crippen LogP contribution is 2.21. The molecule has 0 unspecified atom stereocenters. The maximum atomic E-state index is 5.90. The summed E-state index contributed by atoms with van der Waals surface area (Å²) in [4.78, 5) is 10.9. The number of benzene rings is 1. The standard InChI is InChI=1S/C15H18N4O/c16-12-6-8-19(9-7-12)15-17-10-14(11-18-15)20-13-4-2-1-3-5-13/h1-5,10-12H,6-9,16H2. The van der Waals surface area contributed by atoms with Gasteiger partial charge in [-0.2, -0.15) is 0 Å². The van der Waals surface area contributed by atoms with E-state index in [9.17, 15) is 0 Å². The van der Waals surface area contributed by atoms with Gasteiger partial charge in [0.1, 0.15) is 5.75 Å². The predicted molar refractivity (Wildman–Crippen MR) is 78.0 cm³/mol. The van der Waals surface area contributed by atoms with Gasteiger partial charge in [0.2, 0.25) is 5.95 Å². The van der Waals surface area contributed by atoms with Gasteiger partial charge in [-0.1, -0.05) is 18.2 Å². The van der Waals surface area contributed by atoms with E-state index >= 15 is 0 Å². The number of anilines is 1. The van der Waals surface area contributed by atoms with Crippen LogP contribution in [0.15, 0.2) is 42.7 Å². The fourth-order valence-electron chi connectivity index (χ4n) is 2.25. The minimum Gasteiger partial charge on any atom is -0.454 e. The zero-order valence-electron chi connectivity index (χ0n) is 11.3. The summed E-state index contributed by atoms with van der Waals surface area (Å²) in [6.07, 6.45) is 5.41. The number of rotatable bonds is 3. The molecule has 1 aliphatic heterocycles. The third kappa shape index (κ3) is 3.05. The van der Waals surface area contributed by atoms with Crippen LogP contribution < -0.4 is 15.4 Å². The maximum Gasteiger partial charge on any atom is 0.225 e. The topological polar surface area (TPSA) is 64.3 Å². The Bertz CT molecular complexity index is 536. The van der Waals surface area contributed by atoms with E-state index in [1.807, 2.05) is 30.3 Å². The Labute approximate surface area is 118 Å². The minimum absolute atomic E-state index is 0.312. The molecule has 2 N–H and O–H groups in total. The Kier molecular flexibility index (Phi) is 3.78. The van der Waals surface area contributed by atoms with E-state index in [4.69, 9.17) is 10.5 Å². The Morgan fingerprint density at radius 2 is 1.65 bits per heavy atom. The van der Waals surface area contributed by atoms with Crippen LogP contribution in [0.3, 0.4) is 0 Å². The molecular formula is C15H18N4O. The first-order valence-electron chi connectivity index (χ1n) is 6.87. The van der Waals surface area contributed by atoms with Crippen molar-refractivity contribution in [2.45, 2.75) is 18.9 Å². The number of ether oxygens (including phenoxy) is 1. The molecule has 5 heteroatoms. The van der Waals surface area contributed by atoms with Crippen LogP contribution in [0.25, 0.3) is 0 Å². The molecule has 0 bridgehead atoms. The Morgan fingerprint density at radius 3 is 2.30 bits per heavy atom. The molecule has 1 aromatic carbocycles. The highest BCUT2D eigenvalue weighted by atomic mass is 16.5. The number of nitrogens with zero attached hydrogens (tertiary/aromatic N) is 3. The maximum absolute atomic E-state index is 5.90. The highest BCUT2D eigenvalue weighted by Gasteiger charge is 2.18. The normalized spacial score (nSPS) is 16.1. The molecule has 5 nitrogen and oxygen atoms in total. The third-order valence-electron chi connectivity index (χ3n) is 3.42. The molecule has 1 aliphatic rings. The number of piperidine rings is 1. The van der Waals surface area contributed by atoms with Gasteiger partial charge in [-0.25, -0.2) is 9.97 Å². The van der Waals surface area contributed by atoms with Gasteiger partial charge >= 0.3 is 0 Å². The molecule has 3 rings (SSSR count). The second-order valence-electron chi connectivity index (χ2n) is 4.96. The van der Waals surface area contributed by atoms with E-state index in [2.05, 4.69) is 14.9 Å². The van der Waals surface area contributed by atoms with Crippen LogP contribution in [-0.4, -0.2) is 29.1 Å². The summed E-state index contributed by atoms with van der Waals surface area (Å²) in [6.45, 7) is 1.83. The van der Waals surface area contributed by atoms with Crippen LogP contribution in [0.2, 0.25) is 0 Å². The van der Waals surface area contributed by atoms with Gasteiger partial charge in [0, 0.05) is 19.1 Å². The number of nitrogens with two attached hydrogens (primary N) is 1. The van der Waals surface area contributed by atoms with Crippen LogP contribution in [0.4, 0.5) is 5.95 Å². The average molecular weight is 270 g/mol. The van der Waals surface area contributed by atoms with Crippen molar-refractivity contribution in [2.24, 2.45) is 5.73 Å². The van der Waals surface area contributed by atoms with E-state index in [0.717, 1.165) is 37.6 Å². The number of hydrogen-bond acceptors (Lipinski definition) is 5. The van der Waals surface area contributed by atoms with Crippen LogP contribution >= 0.6 is 0 Å². The number of para-hydroxylation sites is 1. The largest absolute Gasteiger partial charge is 0.454 e. The first-order valence-corrected chi connectivity index (χ1v) is 6.87. The van der Waals surface area contributed by atoms with Crippen LogP contribution in [-0.2, 0) is 0 Å². The SMILES string of the molecule is NC1CCN(c2ncc(Oc3ccccc3)cn2)CC1. The molecule has 0 radical (unpaired) electrons. The van der Waals surface area contributed by atoms with Gasteiger partial charge in [0.25, 0.3) is 0 Å². The molecule has 0 atom stereocenters. The summed E-state index contributed by atoms with van der Waals surface area (Å²) in [5, 5.41) is 0. The Hall–Kier alpha value is -2.14. The molecule has 1 saturated heterocycles. The monoisotopic (exact) mass is 270 g/mol. The first-order chi connectivity index (χ1) is 9.81. The van der Waals surface area contributed by atoms with E-state index in [1.165, 1.54) is 0 Å². The van der Waals surface area contributed by atoms with Crippen molar-refractivity contribution in [3.63, 3.8) is 0 Å². The van der Waals surface area contributed by atoms with Crippen molar-refractivity contribution in [1.82, 2.24) is 9.97 Å². The number of aromatic nitrogens is 2. The summed E-state index contributed by atoms with van der Waals surface area (Å²) in [5.74, 6) is 2.18. The van der Waals surface area contributed by atoms with E-state index in [1.54, 1.807) is 12.4 Å². The van der Waals surface area contributed by atoms with Crippen molar-refractivity contribution in [3.8, 4) is 11.5 Å². The lowest BCUT2D eigenvalue weighted by Gasteiger charge is -2.29. The van der Waals surface area contributed by atoms with Gasteiger partial charge in [-0.05, 0) is 25.0 Å². The summed E-state index contributed by atoms with van der Waals surface area (Å²) in [5.41, 5.74) is 5.90. The number of hydrogen-bond donors (Lipinski definition) is 1. The van der Waals surface area contributed by atoms with Gasteiger partial charge in [-0.3, -0.25) is 0 Å². The van der Waals surface area contributed by atoms with Crippen molar-refractivity contribution in [3.05, 3.63) is 42.7 Å². The molecule has 0 amide bonds. The average Bonchev–Trinajstić information content (AvgIpc) is 2.50. The van der Waals surface area contributed by atoms with Crippen LogP contribution in [0.5, 0.6) is 11.5 Å². The molecule has 2 heterocycles. The van der Waals surface area contributed by atoms with Crippen molar-refractivity contribution in [1.29, 1.82) is 0 Å². The van der Waals surface area contributed by atoms with Gasteiger partial charge in [0.05, 0.1) is 12.4 Å². The second kappa shape index (κ2) is 5.88. The van der Waals surface area contributed by atoms with Crippen LogP contribution in [0, 0.1) is 0 Å². The minimum atomic E-state index is 0.312. The van der Waals surface area contributed by atoms with Crippen molar-refractivity contribution in [2.75, 3.05) is 18.0 Å². The van der Waals surface area contributed by atoms with E-state index < -0.39 is 0 Å². The van der Waals surface area contributed by atoms with Crippen molar-refractivity contribution < 1.29 is 4.74 Å². The molecular weight excluding hydrogens is 252 g/mol. The highest BCUT2D eigenvalue weighted by molar-refractivity contribution is 5.34. The van der Waals surface area contributed by atoms with Crippen LogP contribution in [0.1, 0.15) is 12.8 Å². The lowest BCUT2D eigenvalue weighted by atomic mass is 10.1. The summed E-state index contributed by atoms with van der Waals surface area (Å²) >= 11 is 0. The van der Waals surface area contributed by atoms with E-state index in [0.29, 0.717) is 11.8 Å². The molecule has 0 spiro atoms. The summed E-state index contributed by atoms with van der Waals surface area (Å²) in [7, 11) is 0. The fourth-order valence-corrected chi connectivity index (χ4v) is 2.25. The van der Waals surface area contributed by atoms with Gasteiger partial charge < -0.3 is 15.4 Å². The molecule has 104 valence electrons. The van der Waals surface area contributed by atoms with Crippen molar-refractivity contribution >= 4 is 5.95 Å². The predicted octanol–water partition coefficient (Wildman–Crippen LogP) is 2.20. The zero-order chi connectivity index (χ0) is 13.8. The Balaban J connectivity index is 1.65. The second-order valence-corrected chi connectivity index (χ2v) is 4.96. The first kappa shape index (κ1) is 12.9. The summed E-state index contributed by atoms with van der Waals surface area (Å²) < 4.78 is 5.67. The van der Waals surface area contributed by atoms with E-state index in [-0.39, 0.29) is 0 Å². The third-order valence-corrected chi connectivity index (χ3v) is 3.42. The smallest absolute Gasteiger partial charge is 0.225 e. The quantitative estimate of drug-likeness (QED) is 0.926. The van der Waals surface area contributed by atoms with Gasteiger partial charge in [0.15, 0.2) is 5.75 Å². The molecule has 0 saturated carbocycles. The molecule has 2 aromatic rings. The molecule has 1 fully saturated rings. The Morgan fingerprint density at radius 1 is 1.00 bits per heavy atom. The lowest BCUT2D eigenvalue weighted by molar-refractivity contribution is 0.473. The lowest BCUT2D eigenvalue weighted by Crippen LogP contribution is -2.40. The van der Waals surface area contributed by atoms with Gasteiger partial charge in [-0.15, -0.1) is 0 Å². The molecule has 1 aromatic heterocycles. The molecule has 20 heavy (non-hydrogen) atoms. The zero-order valence-corrected chi connectivity index (χ0v) is 11.3. The fraction of sp³-hybridized carbons (Fsp3) is 0.333. The molecule has 0 aliphatic carbocycles. The summed E-state index contributed by atoms with van der Waals surface area (Å²) in [6, 6.07) is 9.93.